The number of thioether (sulfide) groups is 1. The van der Waals surface area contributed by atoms with E-state index in [4.69, 9.17) is 0 Å². The van der Waals surface area contributed by atoms with Crippen LogP contribution in [0.15, 0.2) is 59.1 Å². The summed E-state index contributed by atoms with van der Waals surface area (Å²) in [6.45, 7) is 0.283. The molecule has 2 aliphatic rings. The quantitative estimate of drug-likeness (QED) is 0.562. The van der Waals surface area contributed by atoms with Crippen molar-refractivity contribution in [3.05, 3.63) is 80.6 Å². The van der Waals surface area contributed by atoms with Crippen molar-refractivity contribution in [1.82, 2.24) is 4.90 Å². The van der Waals surface area contributed by atoms with Crippen LogP contribution in [0.3, 0.4) is 0 Å². The van der Waals surface area contributed by atoms with Crippen molar-refractivity contribution in [1.29, 1.82) is 5.26 Å². The standard InChI is InChI=1S/C20H15FN4O3S/c21-14-3-7-15(8-4-14)23-11-24-19(26)9-17(18(10-22)20(24)29-12-23)13-1-5-16(6-2-13)25(27)28/h1-8,17H,9,11-12H2. The SMILES string of the molecule is N#CC1=C2SCN(c3ccc(F)cc3)CN2C(=O)CC1c1ccc([N+](=O)[O-])cc1. The minimum Gasteiger partial charge on any atom is -0.344 e. The Morgan fingerprint density at radius 3 is 2.48 bits per heavy atom. The number of carbonyl (C=O) groups excluding carboxylic acids is 1. The maximum Gasteiger partial charge on any atom is 0.269 e. The molecule has 146 valence electrons. The molecule has 1 unspecified atom stereocenters. The lowest BCUT2D eigenvalue weighted by Gasteiger charge is -2.42. The molecule has 1 atom stereocenters. The average molecular weight is 410 g/mol. The largest absolute Gasteiger partial charge is 0.344 e. The lowest BCUT2D eigenvalue weighted by atomic mass is 9.86. The van der Waals surface area contributed by atoms with Gasteiger partial charge in [-0.2, -0.15) is 5.26 Å². The van der Waals surface area contributed by atoms with Gasteiger partial charge in [0.2, 0.25) is 5.91 Å². The zero-order valence-electron chi connectivity index (χ0n) is 15.1. The first-order valence-electron chi connectivity index (χ1n) is 8.80. The molecule has 0 saturated carbocycles. The Bertz CT molecular complexity index is 1050. The number of nitro groups is 1. The Hall–Kier alpha value is -3.38. The van der Waals surface area contributed by atoms with E-state index in [0.717, 1.165) is 5.69 Å². The van der Waals surface area contributed by atoms with Gasteiger partial charge in [0.1, 0.15) is 5.82 Å². The lowest BCUT2D eigenvalue weighted by Crippen LogP contribution is -2.47. The summed E-state index contributed by atoms with van der Waals surface area (Å²) in [6, 6.07) is 14.3. The summed E-state index contributed by atoms with van der Waals surface area (Å²) in [5, 5.41) is 21.3. The molecule has 0 aromatic heterocycles. The number of rotatable bonds is 3. The topological polar surface area (TPSA) is 90.5 Å². The van der Waals surface area contributed by atoms with E-state index in [9.17, 15) is 24.6 Å². The molecule has 7 nitrogen and oxygen atoms in total. The highest BCUT2D eigenvalue weighted by Crippen LogP contribution is 2.43. The molecular formula is C20H15FN4O3S. The number of hydrogen-bond donors (Lipinski definition) is 0. The number of carbonyl (C=O) groups is 1. The summed E-state index contributed by atoms with van der Waals surface area (Å²) in [5.74, 6) is -0.361. The Morgan fingerprint density at radius 2 is 1.86 bits per heavy atom. The third-order valence-electron chi connectivity index (χ3n) is 4.99. The molecule has 1 fully saturated rings. The van der Waals surface area contributed by atoms with E-state index in [1.54, 1.807) is 29.2 Å². The van der Waals surface area contributed by atoms with Gasteiger partial charge in [0.25, 0.3) is 5.69 Å². The molecule has 2 aromatic carbocycles. The molecule has 9 heteroatoms. The molecule has 2 heterocycles. The number of fused-ring (bicyclic) bond motifs is 1. The smallest absolute Gasteiger partial charge is 0.269 e. The van der Waals surface area contributed by atoms with E-state index < -0.39 is 10.8 Å². The Morgan fingerprint density at radius 1 is 1.17 bits per heavy atom. The number of nitrogens with zero attached hydrogens (tertiary/aromatic N) is 4. The number of benzene rings is 2. The van der Waals surface area contributed by atoms with Crippen LogP contribution in [0.1, 0.15) is 17.9 Å². The highest BCUT2D eigenvalue weighted by Gasteiger charge is 2.38. The Labute approximate surface area is 170 Å². The number of allylic oxidation sites excluding steroid dienone is 1. The Kier molecular flexibility index (Phi) is 4.94. The van der Waals surface area contributed by atoms with Crippen molar-refractivity contribution >= 4 is 29.0 Å². The number of halogens is 1. The van der Waals surface area contributed by atoms with Gasteiger partial charge in [0, 0.05) is 30.2 Å². The molecule has 29 heavy (non-hydrogen) atoms. The van der Waals surface area contributed by atoms with Crippen LogP contribution in [-0.2, 0) is 4.79 Å². The number of nitriles is 1. The van der Waals surface area contributed by atoms with Gasteiger partial charge in [-0.1, -0.05) is 23.9 Å². The zero-order valence-corrected chi connectivity index (χ0v) is 15.9. The first-order chi connectivity index (χ1) is 14.0. The summed E-state index contributed by atoms with van der Waals surface area (Å²) in [5.41, 5.74) is 1.95. The van der Waals surface area contributed by atoms with Gasteiger partial charge in [0.05, 0.1) is 34.1 Å². The van der Waals surface area contributed by atoms with Gasteiger partial charge in [0.15, 0.2) is 0 Å². The molecule has 0 N–H and O–H groups in total. The second-order valence-corrected chi connectivity index (χ2v) is 7.62. The second-order valence-electron chi connectivity index (χ2n) is 6.69. The summed E-state index contributed by atoms with van der Waals surface area (Å²) >= 11 is 1.38. The van der Waals surface area contributed by atoms with Crippen LogP contribution in [0.5, 0.6) is 0 Å². The first kappa shape index (κ1) is 19.0. The first-order valence-corrected chi connectivity index (χ1v) is 9.79. The van der Waals surface area contributed by atoms with Crippen LogP contribution in [0.2, 0.25) is 0 Å². The third-order valence-corrected chi connectivity index (χ3v) is 6.15. The zero-order chi connectivity index (χ0) is 20.5. The van der Waals surface area contributed by atoms with Gasteiger partial charge in [-0.25, -0.2) is 4.39 Å². The highest BCUT2D eigenvalue weighted by molar-refractivity contribution is 8.03. The summed E-state index contributed by atoms with van der Waals surface area (Å²) in [6.07, 6.45) is 0.113. The lowest BCUT2D eigenvalue weighted by molar-refractivity contribution is -0.384. The van der Waals surface area contributed by atoms with Gasteiger partial charge >= 0.3 is 0 Å². The van der Waals surface area contributed by atoms with Gasteiger partial charge < -0.3 is 4.90 Å². The van der Waals surface area contributed by atoms with Crippen LogP contribution in [0.4, 0.5) is 15.8 Å². The molecule has 0 bridgehead atoms. The second kappa shape index (κ2) is 7.56. The van der Waals surface area contributed by atoms with Gasteiger partial charge in [-0.3, -0.25) is 19.8 Å². The predicted octanol–water partition coefficient (Wildman–Crippen LogP) is 3.95. The molecule has 0 aliphatic carbocycles. The van der Waals surface area contributed by atoms with Crippen LogP contribution >= 0.6 is 11.8 Å². The van der Waals surface area contributed by atoms with Gasteiger partial charge in [-0.05, 0) is 29.8 Å². The number of anilines is 1. The third kappa shape index (κ3) is 3.54. The van der Waals surface area contributed by atoms with Crippen molar-refractivity contribution in [2.45, 2.75) is 12.3 Å². The average Bonchev–Trinajstić information content (AvgIpc) is 2.74. The number of amides is 1. The van der Waals surface area contributed by atoms with Crippen LogP contribution < -0.4 is 4.90 Å². The van der Waals surface area contributed by atoms with E-state index in [2.05, 4.69) is 6.07 Å². The fraction of sp³-hybridized carbons (Fsp3) is 0.200. The fourth-order valence-electron chi connectivity index (χ4n) is 3.49. The van der Waals surface area contributed by atoms with Crippen molar-refractivity contribution in [2.75, 3.05) is 17.4 Å². The minimum absolute atomic E-state index is 0.0364. The summed E-state index contributed by atoms with van der Waals surface area (Å²) in [4.78, 5) is 26.8. The van der Waals surface area contributed by atoms with Crippen LogP contribution in [0.25, 0.3) is 0 Å². The highest BCUT2D eigenvalue weighted by atomic mass is 32.2. The molecule has 0 spiro atoms. The molecule has 1 saturated heterocycles. The van der Waals surface area contributed by atoms with Gasteiger partial charge in [-0.15, -0.1) is 0 Å². The molecule has 0 radical (unpaired) electrons. The van der Waals surface area contributed by atoms with Crippen molar-refractivity contribution < 1.29 is 14.1 Å². The van der Waals surface area contributed by atoms with Crippen molar-refractivity contribution in [2.24, 2.45) is 0 Å². The maximum absolute atomic E-state index is 13.2. The van der Waals surface area contributed by atoms with Crippen LogP contribution in [0, 0.1) is 27.3 Å². The molecule has 2 aliphatic heterocycles. The van der Waals surface area contributed by atoms with Crippen molar-refractivity contribution in [3.8, 4) is 6.07 Å². The summed E-state index contributed by atoms with van der Waals surface area (Å²) in [7, 11) is 0. The van der Waals surface area contributed by atoms with E-state index in [0.29, 0.717) is 22.0 Å². The molecule has 2 aromatic rings. The number of nitro benzene ring substituents is 1. The maximum atomic E-state index is 13.2. The van der Waals surface area contributed by atoms with E-state index >= 15 is 0 Å². The minimum atomic E-state index is -0.484. The molecule has 4 rings (SSSR count). The molecule has 1 amide bonds. The van der Waals surface area contributed by atoms with E-state index in [1.807, 2.05) is 4.90 Å². The monoisotopic (exact) mass is 410 g/mol. The summed E-state index contributed by atoms with van der Waals surface area (Å²) < 4.78 is 13.2. The fourth-order valence-corrected chi connectivity index (χ4v) is 4.66. The van der Waals surface area contributed by atoms with E-state index in [-0.39, 0.29) is 30.5 Å². The van der Waals surface area contributed by atoms with Crippen LogP contribution in [-0.4, -0.2) is 28.3 Å². The molecular weight excluding hydrogens is 395 g/mol. The Balaban J connectivity index is 1.63. The number of non-ortho nitro benzene ring substituents is 1. The van der Waals surface area contributed by atoms with Crippen molar-refractivity contribution in [3.63, 3.8) is 0 Å². The number of hydrogen-bond acceptors (Lipinski definition) is 6. The normalized spacial score (nSPS) is 19.0. The van der Waals surface area contributed by atoms with E-state index in [1.165, 1.54) is 36.0 Å². The predicted molar refractivity (Wildman–Crippen MR) is 106 cm³/mol.